The molecule has 0 spiro atoms. The van der Waals surface area contributed by atoms with Crippen LogP contribution in [-0.4, -0.2) is 67.5 Å². The lowest BCUT2D eigenvalue weighted by Gasteiger charge is -2.35. The Morgan fingerprint density at radius 2 is 2.04 bits per heavy atom. The number of rotatable bonds is 6. The van der Waals surface area contributed by atoms with Crippen LogP contribution in [0, 0.1) is 0 Å². The second-order valence-corrected chi connectivity index (χ2v) is 9.65. The van der Waals surface area contributed by atoms with Crippen molar-refractivity contribution in [2.45, 2.75) is 11.3 Å². The molecule has 0 radical (unpaired) electrons. The van der Waals surface area contributed by atoms with Gasteiger partial charge < -0.3 is 10.2 Å². The van der Waals surface area contributed by atoms with Crippen LogP contribution < -0.4 is 5.32 Å². The van der Waals surface area contributed by atoms with Gasteiger partial charge in [-0.1, -0.05) is 22.0 Å². The molecule has 2 rings (SSSR count). The molecule has 1 aromatic rings. The van der Waals surface area contributed by atoms with Gasteiger partial charge in [0.1, 0.15) is 0 Å². The molecule has 0 aliphatic carbocycles. The molecular formula is C15H22BrN3O2S3. The smallest absolute Gasteiger partial charge is 0.243 e. The van der Waals surface area contributed by atoms with Crippen LogP contribution in [0.5, 0.6) is 0 Å². The van der Waals surface area contributed by atoms with Gasteiger partial charge in [-0.25, -0.2) is 8.42 Å². The summed E-state index contributed by atoms with van der Waals surface area (Å²) in [5.41, 5.74) is 0. The van der Waals surface area contributed by atoms with Gasteiger partial charge in [0.2, 0.25) is 10.0 Å². The number of piperazine rings is 1. The van der Waals surface area contributed by atoms with E-state index in [9.17, 15) is 8.42 Å². The molecular weight excluding hydrogens is 430 g/mol. The van der Waals surface area contributed by atoms with Gasteiger partial charge in [0.15, 0.2) is 5.11 Å². The largest absolute Gasteiger partial charge is 0.363 e. The zero-order valence-corrected chi connectivity index (χ0v) is 17.6. The summed E-state index contributed by atoms with van der Waals surface area (Å²) in [6.45, 7) is 2.97. The number of nitrogens with zero attached hydrogens (tertiary/aromatic N) is 2. The number of thioether (sulfide) groups is 1. The highest BCUT2D eigenvalue weighted by Gasteiger charge is 2.29. The first-order valence-corrected chi connectivity index (χ1v) is 11.8. The molecule has 24 heavy (non-hydrogen) atoms. The minimum absolute atomic E-state index is 0.322. The molecule has 0 atom stereocenters. The van der Waals surface area contributed by atoms with Crippen molar-refractivity contribution in [3.63, 3.8) is 0 Å². The minimum Gasteiger partial charge on any atom is -0.363 e. The van der Waals surface area contributed by atoms with Crippen molar-refractivity contribution in [3.05, 3.63) is 28.7 Å². The summed E-state index contributed by atoms with van der Waals surface area (Å²) in [5.74, 6) is 1.11. The molecule has 0 amide bonds. The first kappa shape index (κ1) is 20.0. The number of halogens is 1. The number of sulfonamides is 1. The Labute approximate surface area is 162 Å². The Morgan fingerprint density at radius 3 is 2.67 bits per heavy atom. The average molecular weight is 452 g/mol. The van der Waals surface area contributed by atoms with Crippen molar-refractivity contribution in [2.24, 2.45) is 0 Å². The third-order valence-corrected chi connectivity index (χ3v) is 7.25. The highest BCUT2D eigenvalue weighted by atomic mass is 79.9. The summed E-state index contributed by atoms with van der Waals surface area (Å²) in [6.07, 6.45) is 3.15. The average Bonchev–Trinajstić information content (AvgIpc) is 2.58. The topological polar surface area (TPSA) is 52.6 Å². The van der Waals surface area contributed by atoms with E-state index in [4.69, 9.17) is 12.2 Å². The third kappa shape index (κ3) is 5.32. The van der Waals surface area contributed by atoms with Crippen LogP contribution in [-0.2, 0) is 10.0 Å². The maximum Gasteiger partial charge on any atom is 0.243 e. The molecule has 1 N–H and O–H groups in total. The molecule has 1 saturated heterocycles. The van der Waals surface area contributed by atoms with Crippen LogP contribution in [0.25, 0.3) is 0 Å². The lowest BCUT2D eigenvalue weighted by atomic mass is 10.4. The fourth-order valence-electron chi connectivity index (χ4n) is 2.43. The van der Waals surface area contributed by atoms with Crippen LogP contribution in [0.2, 0.25) is 0 Å². The summed E-state index contributed by atoms with van der Waals surface area (Å²) in [6, 6.07) is 6.82. The first-order chi connectivity index (χ1) is 11.4. The van der Waals surface area contributed by atoms with Gasteiger partial charge in [0, 0.05) is 37.2 Å². The van der Waals surface area contributed by atoms with Gasteiger partial charge >= 0.3 is 0 Å². The zero-order valence-electron chi connectivity index (χ0n) is 13.6. The van der Waals surface area contributed by atoms with E-state index in [1.165, 1.54) is 4.31 Å². The number of benzene rings is 1. The highest BCUT2D eigenvalue weighted by molar-refractivity contribution is 9.10. The standard InChI is InChI=1S/C15H22BrN3O2S3/c1-23-11-3-6-17-15(22)18-7-9-19(10-8-18)24(20,21)14-5-2-4-13(16)12-14/h2,4-5,12H,3,6-11H2,1H3,(H,17,22). The molecule has 9 heteroatoms. The van der Waals surface area contributed by atoms with Gasteiger partial charge in [-0.05, 0) is 48.8 Å². The van der Waals surface area contributed by atoms with Gasteiger partial charge in [-0.15, -0.1) is 0 Å². The molecule has 0 saturated carbocycles. The van der Waals surface area contributed by atoms with Gasteiger partial charge in [-0.2, -0.15) is 16.1 Å². The van der Waals surface area contributed by atoms with Crippen molar-refractivity contribution in [3.8, 4) is 0 Å². The Hall–Kier alpha value is -0.350. The Kier molecular flexibility index (Phi) is 7.80. The summed E-state index contributed by atoms with van der Waals surface area (Å²) in [7, 11) is -3.45. The van der Waals surface area contributed by atoms with Gasteiger partial charge in [0.05, 0.1) is 4.90 Å². The van der Waals surface area contributed by atoms with Crippen molar-refractivity contribution in [1.82, 2.24) is 14.5 Å². The minimum atomic E-state index is -3.45. The quantitative estimate of drug-likeness (QED) is 0.529. The second-order valence-electron chi connectivity index (χ2n) is 5.43. The van der Waals surface area contributed by atoms with Crippen molar-refractivity contribution in [1.29, 1.82) is 0 Å². The predicted molar refractivity (Wildman–Crippen MR) is 108 cm³/mol. The summed E-state index contributed by atoms with van der Waals surface area (Å²) < 4.78 is 27.7. The van der Waals surface area contributed by atoms with Gasteiger partial charge in [-0.3, -0.25) is 0 Å². The lowest BCUT2D eigenvalue weighted by Crippen LogP contribution is -2.53. The lowest BCUT2D eigenvalue weighted by molar-refractivity contribution is 0.264. The number of thiocarbonyl (C=S) groups is 1. The monoisotopic (exact) mass is 451 g/mol. The number of hydrogen-bond donors (Lipinski definition) is 1. The van der Waals surface area contributed by atoms with E-state index in [1.54, 1.807) is 18.2 Å². The Morgan fingerprint density at radius 1 is 1.33 bits per heavy atom. The fraction of sp³-hybridized carbons (Fsp3) is 0.533. The fourth-order valence-corrected chi connectivity index (χ4v) is 5.17. The maximum atomic E-state index is 12.7. The van der Waals surface area contributed by atoms with Crippen LogP contribution >= 0.6 is 39.9 Å². The molecule has 5 nitrogen and oxygen atoms in total. The predicted octanol–water partition coefficient (Wildman–Crippen LogP) is 2.38. The van der Waals surface area contributed by atoms with E-state index in [0.717, 1.165) is 28.3 Å². The van der Waals surface area contributed by atoms with E-state index >= 15 is 0 Å². The van der Waals surface area contributed by atoms with Crippen molar-refractivity contribution in [2.75, 3.05) is 44.7 Å². The van der Waals surface area contributed by atoms with Gasteiger partial charge in [0.25, 0.3) is 0 Å². The van der Waals surface area contributed by atoms with Crippen LogP contribution in [0.4, 0.5) is 0 Å². The summed E-state index contributed by atoms with van der Waals surface area (Å²) >= 11 is 10.5. The normalized spacial score (nSPS) is 16.2. The second kappa shape index (κ2) is 9.38. The van der Waals surface area contributed by atoms with E-state index in [1.807, 2.05) is 22.7 Å². The molecule has 134 valence electrons. The van der Waals surface area contributed by atoms with Crippen molar-refractivity contribution >= 4 is 55.0 Å². The van der Waals surface area contributed by atoms with E-state index in [2.05, 4.69) is 27.5 Å². The Bertz CT molecular complexity index is 662. The van der Waals surface area contributed by atoms with Crippen LogP contribution in [0.3, 0.4) is 0 Å². The maximum absolute atomic E-state index is 12.7. The summed E-state index contributed by atoms with van der Waals surface area (Å²) in [5, 5.41) is 3.97. The molecule has 0 bridgehead atoms. The highest BCUT2D eigenvalue weighted by Crippen LogP contribution is 2.21. The van der Waals surface area contributed by atoms with Crippen LogP contribution in [0.1, 0.15) is 6.42 Å². The third-order valence-electron chi connectivity index (χ3n) is 3.76. The molecule has 1 aliphatic rings. The van der Waals surface area contributed by atoms with E-state index in [0.29, 0.717) is 31.1 Å². The number of hydrogen-bond acceptors (Lipinski definition) is 4. The van der Waals surface area contributed by atoms with E-state index < -0.39 is 10.0 Å². The summed E-state index contributed by atoms with van der Waals surface area (Å²) in [4.78, 5) is 2.37. The first-order valence-electron chi connectivity index (χ1n) is 7.72. The SMILES string of the molecule is CSCCCNC(=S)N1CCN(S(=O)(=O)c2cccc(Br)c2)CC1. The molecule has 1 aromatic carbocycles. The van der Waals surface area contributed by atoms with Crippen molar-refractivity contribution < 1.29 is 8.42 Å². The zero-order chi connectivity index (χ0) is 17.6. The van der Waals surface area contributed by atoms with E-state index in [-0.39, 0.29) is 0 Å². The molecule has 1 heterocycles. The molecule has 0 aromatic heterocycles. The molecule has 0 unspecified atom stereocenters. The molecule has 1 aliphatic heterocycles. The Balaban J connectivity index is 1.89. The van der Waals surface area contributed by atoms with Crippen LogP contribution in [0.15, 0.2) is 33.6 Å². The molecule has 1 fully saturated rings. The number of nitrogens with one attached hydrogen (secondary N) is 1.